The summed E-state index contributed by atoms with van der Waals surface area (Å²) in [5, 5.41) is 3.13. The first-order valence-electron chi connectivity index (χ1n) is 9.05. The Morgan fingerprint density at radius 1 is 1.19 bits per heavy atom. The average molecular weight is 392 g/mol. The first-order valence-corrected chi connectivity index (χ1v) is 9.43. The summed E-state index contributed by atoms with van der Waals surface area (Å²) in [6, 6.07) is 4.07. The molecule has 5 amide bonds. The zero-order valence-electron chi connectivity index (χ0n) is 15.3. The minimum absolute atomic E-state index is 0.141. The van der Waals surface area contributed by atoms with Gasteiger partial charge in [-0.15, -0.1) is 0 Å². The smallest absolute Gasteiger partial charge is 0.324 e. The Bertz CT molecular complexity index is 810. The Kier molecular flexibility index (Phi) is 5.51. The molecule has 2 atom stereocenters. The van der Waals surface area contributed by atoms with Crippen LogP contribution in [0.15, 0.2) is 18.2 Å². The summed E-state index contributed by atoms with van der Waals surface area (Å²) < 4.78 is 0. The summed E-state index contributed by atoms with van der Waals surface area (Å²) in [7, 11) is 0. The van der Waals surface area contributed by atoms with Crippen LogP contribution in [0.1, 0.15) is 38.2 Å². The SMILES string of the molecule is Cc1c(Cl)cccc1NC(=O)CN1C(=O)C(=O)N([C@H]2CCCC[C@H]2C)C1=O. The van der Waals surface area contributed by atoms with Crippen molar-refractivity contribution >= 4 is 41.0 Å². The van der Waals surface area contributed by atoms with Gasteiger partial charge in [0.05, 0.1) is 0 Å². The molecule has 1 N–H and O–H groups in total. The molecule has 1 saturated heterocycles. The second-order valence-corrected chi connectivity index (χ2v) is 7.55. The van der Waals surface area contributed by atoms with Crippen LogP contribution in [0.4, 0.5) is 10.5 Å². The van der Waals surface area contributed by atoms with E-state index >= 15 is 0 Å². The third-order valence-electron chi connectivity index (χ3n) is 5.33. The maximum atomic E-state index is 12.7. The van der Waals surface area contributed by atoms with Gasteiger partial charge in [0.2, 0.25) is 5.91 Å². The first-order chi connectivity index (χ1) is 12.8. The molecule has 0 radical (unpaired) electrons. The molecule has 1 aliphatic heterocycles. The molecule has 27 heavy (non-hydrogen) atoms. The zero-order valence-corrected chi connectivity index (χ0v) is 16.1. The predicted molar refractivity (Wildman–Crippen MR) is 100 cm³/mol. The minimum Gasteiger partial charge on any atom is -0.324 e. The molecule has 144 valence electrons. The highest BCUT2D eigenvalue weighted by Crippen LogP contribution is 2.31. The topological polar surface area (TPSA) is 86.8 Å². The molecule has 1 aliphatic carbocycles. The number of nitrogens with zero attached hydrogens (tertiary/aromatic N) is 2. The van der Waals surface area contributed by atoms with Crippen LogP contribution in [0.25, 0.3) is 0 Å². The number of imide groups is 2. The third-order valence-corrected chi connectivity index (χ3v) is 5.73. The molecule has 1 saturated carbocycles. The van der Waals surface area contributed by atoms with Gasteiger partial charge in [-0.05, 0) is 43.4 Å². The van der Waals surface area contributed by atoms with Crippen molar-refractivity contribution in [1.29, 1.82) is 0 Å². The molecule has 1 aromatic carbocycles. The summed E-state index contributed by atoms with van der Waals surface area (Å²) in [4.78, 5) is 51.5. The molecular formula is C19H22ClN3O4. The van der Waals surface area contributed by atoms with Crippen LogP contribution in [0, 0.1) is 12.8 Å². The van der Waals surface area contributed by atoms with Crippen LogP contribution in [-0.4, -0.2) is 46.1 Å². The average Bonchev–Trinajstić information content (AvgIpc) is 2.83. The molecule has 0 unspecified atom stereocenters. The number of hydrogen-bond donors (Lipinski definition) is 1. The second-order valence-electron chi connectivity index (χ2n) is 7.14. The largest absolute Gasteiger partial charge is 0.334 e. The summed E-state index contributed by atoms with van der Waals surface area (Å²) >= 11 is 6.03. The van der Waals surface area contributed by atoms with Gasteiger partial charge in [0.25, 0.3) is 0 Å². The zero-order chi connectivity index (χ0) is 19.7. The molecule has 2 aliphatic rings. The van der Waals surface area contributed by atoms with Crippen LogP contribution in [0.2, 0.25) is 5.02 Å². The van der Waals surface area contributed by atoms with Crippen LogP contribution in [-0.2, 0) is 14.4 Å². The van der Waals surface area contributed by atoms with Crippen molar-refractivity contribution in [3.8, 4) is 0 Å². The number of carbonyl (C=O) groups excluding carboxylic acids is 4. The Morgan fingerprint density at radius 2 is 1.89 bits per heavy atom. The van der Waals surface area contributed by atoms with Gasteiger partial charge in [-0.1, -0.05) is 37.4 Å². The van der Waals surface area contributed by atoms with E-state index in [4.69, 9.17) is 11.6 Å². The van der Waals surface area contributed by atoms with Crippen molar-refractivity contribution in [2.75, 3.05) is 11.9 Å². The summed E-state index contributed by atoms with van der Waals surface area (Å²) in [5.74, 6) is -2.21. The number of anilines is 1. The lowest BCUT2D eigenvalue weighted by atomic mass is 9.85. The Hall–Kier alpha value is -2.41. The van der Waals surface area contributed by atoms with Crippen molar-refractivity contribution in [1.82, 2.24) is 9.80 Å². The van der Waals surface area contributed by atoms with Crippen molar-refractivity contribution < 1.29 is 19.2 Å². The molecule has 1 heterocycles. The molecule has 0 spiro atoms. The van der Waals surface area contributed by atoms with Crippen molar-refractivity contribution in [3.63, 3.8) is 0 Å². The number of amides is 5. The van der Waals surface area contributed by atoms with E-state index in [9.17, 15) is 19.2 Å². The minimum atomic E-state index is -0.948. The van der Waals surface area contributed by atoms with Crippen molar-refractivity contribution in [2.45, 2.75) is 45.6 Å². The quantitative estimate of drug-likeness (QED) is 0.631. The van der Waals surface area contributed by atoms with E-state index in [0.29, 0.717) is 22.7 Å². The van der Waals surface area contributed by atoms with Crippen LogP contribution in [0.5, 0.6) is 0 Å². The highest BCUT2D eigenvalue weighted by Gasteiger charge is 2.49. The second kappa shape index (κ2) is 7.68. The highest BCUT2D eigenvalue weighted by molar-refractivity contribution is 6.45. The lowest BCUT2D eigenvalue weighted by Gasteiger charge is -2.34. The van der Waals surface area contributed by atoms with Crippen molar-refractivity contribution in [2.24, 2.45) is 5.92 Å². The number of benzene rings is 1. The fraction of sp³-hybridized carbons (Fsp3) is 0.474. The molecule has 0 aromatic heterocycles. The molecule has 0 bridgehead atoms. The standard InChI is InChI=1S/C19H22ClN3O4/c1-11-6-3-4-9-15(11)23-18(26)17(25)22(19(23)27)10-16(24)21-14-8-5-7-13(20)12(14)2/h5,7-8,11,15H,3-4,6,9-10H2,1-2H3,(H,21,24)/t11-,15+/m1/s1. The lowest BCUT2D eigenvalue weighted by Crippen LogP contribution is -2.46. The van der Waals surface area contributed by atoms with Gasteiger partial charge in [-0.3, -0.25) is 19.3 Å². The Labute approximate surface area is 162 Å². The van der Waals surface area contributed by atoms with Crippen LogP contribution >= 0.6 is 11.6 Å². The molecular weight excluding hydrogens is 370 g/mol. The van der Waals surface area contributed by atoms with E-state index in [-0.39, 0.29) is 12.0 Å². The monoisotopic (exact) mass is 391 g/mol. The van der Waals surface area contributed by atoms with Crippen LogP contribution in [0.3, 0.4) is 0 Å². The third kappa shape index (κ3) is 3.69. The van der Waals surface area contributed by atoms with E-state index in [1.165, 1.54) is 0 Å². The number of carbonyl (C=O) groups is 4. The summed E-state index contributed by atoms with van der Waals surface area (Å²) in [6.07, 6.45) is 3.56. The molecule has 7 nitrogen and oxygen atoms in total. The van der Waals surface area contributed by atoms with Gasteiger partial charge in [0.1, 0.15) is 6.54 Å². The van der Waals surface area contributed by atoms with Crippen molar-refractivity contribution in [3.05, 3.63) is 28.8 Å². The van der Waals surface area contributed by atoms with E-state index in [2.05, 4.69) is 5.32 Å². The van der Waals surface area contributed by atoms with E-state index in [1.807, 2.05) is 6.92 Å². The first kappa shape index (κ1) is 19.4. The van der Waals surface area contributed by atoms with Gasteiger partial charge in [0.15, 0.2) is 0 Å². The van der Waals surface area contributed by atoms with E-state index in [1.54, 1.807) is 25.1 Å². The van der Waals surface area contributed by atoms with Gasteiger partial charge >= 0.3 is 17.8 Å². The number of nitrogens with one attached hydrogen (secondary N) is 1. The van der Waals surface area contributed by atoms with E-state index < -0.39 is 30.3 Å². The number of urea groups is 1. The molecule has 2 fully saturated rings. The number of hydrogen-bond acceptors (Lipinski definition) is 4. The number of halogens is 1. The van der Waals surface area contributed by atoms with Gasteiger partial charge < -0.3 is 5.32 Å². The fourth-order valence-electron chi connectivity index (χ4n) is 3.71. The normalized spacial score (nSPS) is 23.1. The molecule has 8 heteroatoms. The Balaban J connectivity index is 1.72. The predicted octanol–water partition coefficient (Wildman–Crippen LogP) is 2.96. The maximum Gasteiger partial charge on any atom is 0.334 e. The lowest BCUT2D eigenvalue weighted by molar-refractivity contribution is -0.145. The number of rotatable bonds is 4. The highest BCUT2D eigenvalue weighted by atomic mass is 35.5. The van der Waals surface area contributed by atoms with Gasteiger partial charge in [-0.2, -0.15) is 0 Å². The van der Waals surface area contributed by atoms with Gasteiger partial charge in [-0.25, -0.2) is 9.69 Å². The van der Waals surface area contributed by atoms with E-state index in [0.717, 1.165) is 29.1 Å². The summed E-state index contributed by atoms with van der Waals surface area (Å²) in [6.45, 7) is 3.22. The van der Waals surface area contributed by atoms with Crippen LogP contribution < -0.4 is 5.32 Å². The summed E-state index contributed by atoms with van der Waals surface area (Å²) in [5.41, 5.74) is 1.18. The Morgan fingerprint density at radius 3 is 2.59 bits per heavy atom. The fourth-order valence-corrected chi connectivity index (χ4v) is 3.89. The van der Waals surface area contributed by atoms with Gasteiger partial charge in [0, 0.05) is 16.8 Å². The maximum absolute atomic E-state index is 12.7. The molecule has 1 aromatic rings. The molecule has 3 rings (SSSR count).